The lowest BCUT2D eigenvalue weighted by atomic mass is 9.92. The van der Waals surface area contributed by atoms with Crippen LogP contribution in [0.4, 0.5) is 31.8 Å². The molecule has 2 aromatic carbocycles. The van der Waals surface area contributed by atoms with Gasteiger partial charge in [0, 0.05) is 92.1 Å². The molecule has 3 aromatic heterocycles. The summed E-state index contributed by atoms with van der Waals surface area (Å²) in [5, 5.41) is 15.2. The highest BCUT2D eigenvalue weighted by atomic mass is 19.3. The molecule has 1 atom stereocenters. The van der Waals surface area contributed by atoms with Crippen molar-refractivity contribution in [1.29, 1.82) is 0 Å². The summed E-state index contributed by atoms with van der Waals surface area (Å²) in [7, 11) is 0. The molecule has 0 aliphatic carbocycles. The number of imide groups is 2. The van der Waals surface area contributed by atoms with Crippen LogP contribution in [0.3, 0.4) is 0 Å². The molecule has 2 saturated heterocycles. The second-order valence-electron chi connectivity index (χ2n) is 16.0. The number of anilines is 4. The SMILES string of the molecule is CC(=O)N1CCc2c(c(N3CCCc4cc(-c5ccc6cc(Nc7ccc8c(c7)C(=O)N(C7CCC(=O)NC7=O)C8=O)nn6c5)c(C(F)F)cc43)nn2C2CCOCC2)C1. The Bertz CT molecular complexity index is 2650. The molecule has 5 amide bonds. The summed E-state index contributed by atoms with van der Waals surface area (Å²) < 4.78 is 39.6. The molecule has 5 aliphatic rings. The molecule has 5 aromatic rings. The topological polar surface area (TPSA) is 163 Å². The number of hydrogen-bond acceptors (Lipinski definition) is 10. The number of pyridine rings is 1. The number of piperidine rings is 1. The number of aryl methyl sites for hydroxylation is 1. The van der Waals surface area contributed by atoms with E-state index in [4.69, 9.17) is 9.84 Å². The van der Waals surface area contributed by atoms with Crippen molar-refractivity contribution < 1.29 is 37.5 Å². The third-order valence-electron chi connectivity index (χ3n) is 12.4. The molecule has 2 N–H and O–H groups in total. The summed E-state index contributed by atoms with van der Waals surface area (Å²) >= 11 is 0. The van der Waals surface area contributed by atoms with Gasteiger partial charge in [-0.15, -0.1) is 0 Å². The van der Waals surface area contributed by atoms with Crippen molar-refractivity contribution in [2.24, 2.45) is 0 Å². The van der Waals surface area contributed by atoms with Gasteiger partial charge in [-0.2, -0.15) is 10.2 Å². The molecule has 60 heavy (non-hydrogen) atoms. The maximum Gasteiger partial charge on any atom is 0.264 e. The quantitative estimate of drug-likeness (QED) is 0.197. The number of amides is 5. The van der Waals surface area contributed by atoms with Gasteiger partial charge in [0.05, 0.1) is 29.2 Å². The molecule has 0 spiro atoms. The number of nitrogens with one attached hydrogen (secondary N) is 2. The Kier molecular flexibility index (Phi) is 9.22. The molecular formula is C43H41F2N9O6. The Balaban J connectivity index is 0.943. The highest BCUT2D eigenvalue weighted by molar-refractivity contribution is 6.23. The lowest BCUT2D eigenvalue weighted by Gasteiger charge is -2.33. The summed E-state index contributed by atoms with van der Waals surface area (Å²) in [5.41, 5.74) is 5.97. The van der Waals surface area contributed by atoms with E-state index >= 15 is 8.78 Å². The molecule has 5 aliphatic heterocycles. The van der Waals surface area contributed by atoms with E-state index in [1.807, 2.05) is 11.0 Å². The van der Waals surface area contributed by atoms with Crippen molar-refractivity contribution in [2.75, 3.05) is 36.5 Å². The molecule has 2 fully saturated rings. The minimum atomic E-state index is -2.78. The Morgan fingerprint density at radius 3 is 2.50 bits per heavy atom. The summed E-state index contributed by atoms with van der Waals surface area (Å²) in [5.74, 6) is -1.24. The zero-order valence-electron chi connectivity index (χ0n) is 32.7. The molecule has 1 unspecified atom stereocenters. The van der Waals surface area contributed by atoms with Gasteiger partial charge in [-0.25, -0.2) is 13.3 Å². The minimum Gasteiger partial charge on any atom is -0.381 e. The summed E-state index contributed by atoms with van der Waals surface area (Å²) in [6, 6.07) is 12.6. The van der Waals surface area contributed by atoms with Crippen molar-refractivity contribution in [1.82, 2.24) is 34.5 Å². The molecule has 17 heteroatoms. The van der Waals surface area contributed by atoms with E-state index in [9.17, 15) is 24.0 Å². The van der Waals surface area contributed by atoms with Crippen LogP contribution in [0.15, 0.2) is 54.7 Å². The predicted octanol–water partition coefficient (Wildman–Crippen LogP) is 5.62. The van der Waals surface area contributed by atoms with Gasteiger partial charge in [-0.1, -0.05) is 6.07 Å². The molecule has 8 heterocycles. The first-order valence-corrected chi connectivity index (χ1v) is 20.3. The van der Waals surface area contributed by atoms with E-state index in [2.05, 4.69) is 25.3 Å². The van der Waals surface area contributed by atoms with Gasteiger partial charge in [0.1, 0.15) is 6.04 Å². The second-order valence-corrected chi connectivity index (χ2v) is 16.0. The molecule has 0 saturated carbocycles. The number of carbonyl (C=O) groups is 5. The first kappa shape index (κ1) is 37.8. The summed E-state index contributed by atoms with van der Waals surface area (Å²) in [6.07, 6.45) is 2.85. The largest absolute Gasteiger partial charge is 0.381 e. The molecular weight excluding hydrogens is 777 g/mol. The smallest absolute Gasteiger partial charge is 0.264 e. The number of ether oxygens (including phenoxy) is 1. The molecule has 15 nitrogen and oxygen atoms in total. The zero-order valence-corrected chi connectivity index (χ0v) is 32.7. The number of rotatable bonds is 7. The first-order valence-electron chi connectivity index (χ1n) is 20.3. The molecule has 0 bridgehead atoms. The number of nitrogens with zero attached hydrogens (tertiary/aromatic N) is 7. The van der Waals surface area contributed by atoms with E-state index in [1.165, 1.54) is 12.1 Å². The lowest BCUT2D eigenvalue weighted by Crippen LogP contribution is -2.54. The number of halogens is 2. The monoisotopic (exact) mass is 817 g/mol. The normalized spacial score (nSPS) is 19.5. The van der Waals surface area contributed by atoms with Gasteiger partial charge >= 0.3 is 0 Å². The van der Waals surface area contributed by atoms with Crippen LogP contribution in [0.25, 0.3) is 16.6 Å². The second kappa shape index (κ2) is 14.7. The molecule has 308 valence electrons. The number of benzene rings is 2. The van der Waals surface area contributed by atoms with E-state index in [1.54, 1.807) is 48.0 Å². The van der Waals surface area contributed by atoms with Crippen LogP contribution in [-0.4, -0.2) is 91.1 Å². The summed E-state index contributed by atoms with van der Waals surface area (Å²) in [4.78, 5) is 68.0. The van der Waals surface area contributed by atoms with Crippen LogP contribution in [0.5, 0.6) is 0 Å². The fraction of sp³-hybridized carbons (Fsp3) is 0.372. The predicted molar refractivity (Wildman–Crippen MR) is 213 cm³/mol. The van der Waals surface area contributed by atoms with Crippen LogP contribution < -0.4 is 15.5 Å². The van der Waals surface area contributed by atoms with Crippen molar-refractivity contribution in [2.45, 2.75) is 76.9 Å². The Hall–Kier alpha value is -6.49. The third-order valence-corrected chi connectivity index (χ3v) is 12.4. The highest BCUT2D eigenvalue weighted by Crippen LogP contribution is 2.44. The lowest BCUT2D eigenvalue weighted by molar-refractivity contribution is -0.136. The minimum absolute atomic E-state index is 0.0105. The van der Waals surface area contributed by atoms with Crippen molar-refractivity contribution in [3.63, 3.8) is 0 Å². The maximum atomic E-state index is 15.1. The standard InChI is InChI=1S/C43H41F2N9O6/c1-23(55)50-14-10-34-33(22-50)40(49-54(34)27-11-15-60-16-12-27)51-13-2-3-24-17-30(31(39(44)45)20-36(24)51)25-4-6-28-19-37(48-52(28)21-25)46-26-5-7-29-32(18-26)43(59)53(42(29)58)35-8-9-38(56)47-41(35)57/h4-7,17-21,27,35,39H,2-3,8-16,22H2,1H3,(H,46,48)(H,47,56,57). The summed E-state index contributed by atoms with van der Waals surface area (Å²) in [6.45, 7) is 4.50. The van der Waals surface area contributed by atoms with Crippen LogP contribution >= 0.6 is 0 Å². The van der Waals surface area contributed by atoms with Crippen molar-refractivity contribution in [3.05, 3.63) is 88.2 Å². The van der Waals surface area contributed by atoms with Gasteiger partial charge in [0.15, 0.2) is 11.6 Å². The van der Waals surface area contributed by atoms with E-state index in [0.717, 1.165) is 46.8 Å². The number of hydrogen-bond donors (Lipinski definition) is 2. The van der Waals surface area contributed by atoms with Gasteiger partial charge in [0.25, 0.3) is 18.2 Å². The van der Waals surface area contributed by atoms with E-state index in [0.29, 0.717) is 79.5 Å². The third kappa shape index (κ3) is 6.38. The van der Waals surface area contributed by atoms with Crippen molar-refractivity contribution in [3.8, 4) is 11.1 Å². The van der Waals surface area contributed by atoms with Gasteiger partial charge < -0.3 is 19.9 Å². The maximum absolute atomic E-state index is 15.1. The van der Waals surface area contributed by atoms with Crippen LogP contribution in [0, 0.1) is 0 Å². The Morgan fingerprint density at radius 1 is 0.900 bits per heavy atom. The molecule has 0 radical (unpaired) electrons. The Morgan fingerprint density at radius 2 is 1.72 bits per heavy atom. The van der Waals surface area contributed by atoms with Crippen LogP contribution in [0.2, 0.25) is 0 Å². The first-order chi connectivity index (χ1) is 29.0. The van der Waals surface area contributed by atoms with Gasteiger partial charge in [-0.3, -0.25) is 38.9 Å². The molecule has 10 rings (SSSR count). The Labute approximate surface area is 342 Å². The zero-order chi connectivity index (χ0) is 41.4. The van der Waals surface area contributed by atoms with E-state index < -0.39 is 36.1 Å². The van der Waals surface area contributed by atoms with Crippen LogP contribution in [0.1, 0.15) is 94.6 Å². The van der Waals surface area contributed by atoms with Gasteiger partial charge in [0.2, 0.25) is 17.7 Å². The average Bonchev–Trinajstić information content (AvgIpc) is 3.91. The highest BCUT2D eigenvalue weighted by Gasteiger charge is 2.45. The van der Waals surface area contributed by atoms with Crippen LogP contribution in [-0.2, 0) is 38.5 Å². The number of alkyl halides is 2. The number of carbonyl (C=O) groups excluding carboxylic acids is 5. The van der Waals surface area contributed by atoms with E-state index in [-0.39, 0.29) is 41.5 Å². The van der Waals surface area contributed by atoms with Crippen molar-refractivity contribution >= 4 is 58.1 Å². The average molecular weight is 818 g/mol. The fourth-order valence-electron chi connectivity index (χ4n) is 9.35. The number of aromatic nitrogens is 4. The number of fused-ring (bicyclic) bond motifs is 4. The fourth-order valence-corrected chi connectivity index (χ4v) is 9.35. The van der Waals surface area contributed by atoms with Gasteiger partial charge in [-0.05, 0) is 79.6 Å².